The second-order valence-electron chi connectivity index (χ2n) is 5.62. The van der Waals surface area contributed by atoms with Crippen molar-refractivity contribution in [3.05, 3.63) is 35.4 Å². The first-order valence-corrected chi connectivity index (χ1v) is 5.66. The van der Waals surface area contributed by atoms with E-state index in [4.69, 9.17) is 10.5 Å². The van der Waals surface area contributed by atoms with Gasteiger partial charge in [0.25, 0.3) is 0 Å². The third-order valence-electron chi connectivity index (χ3n) is 2.89. The maximum atomic E-state index is 6.11. The van der Waals surface area contributed by atoms with Gasteiger partial charge in [0.2, 0.25) is 0 Å². The van der Waals surface area contributed by atoms with E-state index in [-0.39, 0.29) is 11.0 Å². The molecule has 1 aromatic rings. The molecule has 0 heterocycles. The highest BCUT2D eigenvalue weighted by Gasteiger charge is 2.22. The van der Waals surface area contributed by atoms with Gasteiger partial charge in [-0.1, -0.05) is 38.1 Å². The van der Waals surface area contributed by atoms with Gasteiger partial charge in [-0.2, -0.15) is 0 Å². The number of ether oxygens (including phenoxy) is 1. The van der Waals surface area contributed by atoms with Gasteiger partial charge in [-0.15, -0.1) is 0 Å². The van der Waals surface area contributed by atoms with Crippen molar-refractivity contribution < 1.29 is 4.74 Å². The molecule has 1 aromatic carbocycles. The summed E-state index contributed by atoms with van der Waals surface area (Å²) in [4.78, 5) is 0. The highest BCUT2D eigenvalue weighted by Crippen LogP contribution is 2.27. The molecule has 2 heteroatoms. The van der Waals surface area contributed by atoms with E-state index < -0.39 is 0 Å². The lowest BCUT2D eigenvalue weighted by molar-refractivity contribution is 0.146. The van der Waals surface area contributed by atoms with Crippen LogP contribution in [0.25, 0.3) is 0 Å². The van der Waals surface area contributed by atoms with Gasteiger partial charge in [-0.05, 0) is 25.0 Å². The first-order valence-electron chi connectivity index (χ1n) is 5.66. The Morgan fingerprint density at radius 3 is 2.19 bits per heavy atom. The zero-order valence-corrected chi connectivity index (χ0v) is 11.0. The summed E-state index contributed by atoms with van der Waals surface area (Å²) in [5.74, 6) is 0. The smallest absolute Gasteiger partial charge is 0.0553 e. The molecule has 0 amide bonds. The lowest BCUT2D eigenvalue weighted by Gasteiger charge is -2.27. The fourth-order valence-corrected chi connectivity index (χ4v) is 1.79. The fraction of sp³-hybridized carbons (Fsp3) is 0.571. The van der Waals surface area contributed by atoms with Crippen LogP contribution in [0.1, 0.15) is 38.8 Å². The summed E-state index contributed by atoms with van der Waals surface area (Å²) in [5.41, 5.74) is 8.27. The van der Waals surface area contributed by atoms with Crippen LogP contribution in [0.4, 0.5) is 0 Å². The Bertz CT molecular complexity index is 350. The zero-order chi connectivity index (χ0) is 12.4. The van der Waals surface area contributed by atoms with E-state index in [0.29, 0.717) is 6.61 Å². The molecule has 0 aliphatic carbocycles. The van der Waals surface area contributed by atoms with Crippen LogP contribution in [0.3, 0.4) is 0 Å². The molecule has 0 saturated heterocycles. The van der Waals surface area contributed by atoms with Crippen LogP contribution in [0, 0.1) is 0 Å². The van der Waals surface area contributed by atoms with Crippen LogP contribution in [-0.2, 0) is 15.7 Å². The van der Waals surface area contributed by atoms with Crippen LogP contribution in [0.15, 0.2) is 24.3 Å². The molecule has 0 aliphatic heterocycles. The number of methoxy groups -OCH3 is 1. The molecule has 0 bridgehead atoms. The zero-order valence-electron chi connectivity index (χ0n) is 11.0. The van der Waals surface area contributed by atoms with Crippen LogP contribution >= 0.6 is 0 Å². The molecular formula is C14H23NO. The number of hydrogen-bond donors (Lipinski definition) is 1. The third-order valence-corrected chi connectivity index (χ3v) is 2.89. The Morgan fingerprint density at radius 2 is 1.69 bits per heavy atom. The molecule has 2 nitrogen and oxygen atoms in total. The quantitative estimate of drug-likeness (QED) is 0.848. The van der Waals surface area contributed by atoms with E-state index >= 15 is 0 Å². The lowest BCUT2D eigenvalue weighted by atomic mass is 9.82. The van der Waals surface area contributed by atoms with E-state index in [2.05, 4.69) is 38.1 Å². The second kappa shape index (κ2) is 4.56. The highest BCUT2D eigenvalue weighted by atomic mass is 16.5. The van der Waals surface area contributed by atoms with Crippen LogP contribution in [0.5, 0.6) is 0 Å². The fourth-order valence-electron chi connectivity index (χ4n) is 1.79. The molecule has 0 aliphatic rings. The monoisotopic (exact) mass is 221 g/mol. The molecule has 90 valence electrons. The topological polar surface area (TPSA) is 35.2 Å². The number of benzene rings is 1. The Balaban J connectivity index is 3.08. The van der Waals surface area contributed by atoms with Crippen molar-refractivity contribution in [1.29, 1.82) is 0 Å². The molecule has 0 aromatic heterocycles. The minimum atomic E-state index is -0.292. The molecule has 0 unspecified atom stereocenters. The Hall–Kier alpha value is -0.860. The molecule has 0 fully saturated rings. The maximum absolute atomic E-state index is 6.11. The molecule has 0 spiro atoms. The standard InChI is InChI=1S/C14H23NO/c1-13(2,10-16-5)11-7-6-8-12(9-11)14(3,4)15/h6-9H,10,15H2,1-5H3. The van der Waals surface area contributed by atoms with Gasteiger partial charge in [0.05, 0.1) is 6.61 Å². The van der Waals surface area contributed by atoms with Crippen molar-refractivity contribution in [3.8, 4) is 0 Å². The van der Waals surface area contributed by atoms with Crippen molar-refractivity contribution in [2.24, 2.45) is 5.73 Å². The van der Waals surface area contributed by atoms with E-state index in [1.807, 2.05) is 13.8 Å². The summed E-state index contributed by atoms with van der Waals surface area (Å²) in [6, 6.07) is 8.45. The molecular weight excluding hydrogens is 198 g/mol. The van der Waals surface area contributed by atoms with Gasteiger partial charge < -0.3 is 10.5 Å². The van der Waals surface area contributed by atoms with Crippen molar-refractivity contribution in [3.63, 3.8) is 0 Å². The van der Waals surface area contributed by atoms with Crippen LogP contribution < -0.4 is 5.73 Å². The summed E-state index contributed by atoms with van der Waals surface area (Å²) in [7, 11) is 1.73. The van der Waals surface area contributed by atoms with E-state index in [1.54, 1.807) is 7.11 Å². The minimum absolute atomic E-state index is 0.0238. The number of nitrogens with two attached hydrogens (primary N) is 1. The van der Waals surface area contributed by atoms with Crippen LogP contribution in [-0.4, -0.2) is 13.7 Å². The number of hydrogen-bond acceptors (Lipinski definition) is 2. The third kappa shape index (κ3) is 3.06. The van der Waals surface area contributed by atoms with E-state index in [9.17, 15) is 0 Å². The molecule has 1 rings (SSSR count). The second-order valence-corrected chi connectivity index (χ2v) is 5.62. The van der Waals surface area contributed by atoms with Gasteiger partial charge in [-0.3, -0.25) is 0 Å². The first kappa shape index (κ1) is 13.2. The predicted octanol–water partition coefficient (Wildman–Crippen LogP) is 2.80. The Kier molecular flexibility index (Phi) is 3.76. The highest BCUT2D eigenvalue weighted by molar-refractivity contribution is 5.32. The largest absolute Gasteiger partial charge is 0.384 e. The molecule has 16 heavy (non-hydrogen) atoms. The summed E-state index contributed by atoms with van der Waals surface area (Å²) >= 11 is 0. The summed E-state index contributed by atoms with van der Waals surface area (Å²) in [6.45, 7) is 9.12. The lowest BCUT2D eigenvalue weighted by Crippen LogP contribution is -2.30. The van der Waals surface area contributed by atoms with Gasteiger partial charge in [-0.25, -0.2) is 0 Å². The molecule has 0 radical (unpaired) electrons. The average Bonchev–Trinajstić information content (AvgIpc) is 2.16. The van der Waals surface area contributed by atoms with Gasteiger partial charge in [0.15, 0.2) is 0 Å². The maximum Gasteiger partial charge on any atom is 0.0553 e. The van der Waals surface area contributed by atoms with Gasteiger partial charge >= 0.3 is 0 Å². The minimum Gasteiger partial charge on any atom is -0.384 e. The Labute approximate surface area is 98.8 Å². The van der Waals surface area contributed by atoms with Gasteiger partial charge in [0, 0.05) is 18.1 Å². The number of rotatable bonds is 4. The summed E-state index contributed by atoms with van der Waals surface area (Å²) in [5, 5.41) is 0. The van der Waals surface area contributed by atoms with Crippen LogP contribution in [0.2, 0.25) is 0 Å². The normalized spacial score (nSPS) is 12.9. The van der Waals surface area contributed by atoms with E-state index in [0.717, 1.165) is 5.56 Å². The molecule has 0 atom stereocenters. The van der Waals surface area contributed by atoms with Gasteiger partial charge in [0.1, 0.15) is 0 Å². The average molecular weight is 221 g/mol. The predicted molar refractivity (Wildman–Crippen MR) is 68.6 cm³/mol. The summed E-state index contributed by atoms with van der Waals surface area (Å²) < 4.78 is 5.26. The van der Waals surface area contributed by atoms with Crippen molar-refractivity contribution >= 4 is 0 Å². The van der Waals surface area contributed by atoms with E-state index in [1.165, 1.54) is 5.56 Å². The Morgan fingerprint density at radius 1 is 1.12 bits per heavy atom. The summed E-state index contributed by atoms with van der Waals surface area (Å²) in [6.07, 6.45) is 0. The SMILES string of the molecule is COCC(C)(C)c1cccc(C(C)(C)N)c1. The first-order chi connectivity index (χ1) is 7.27. The molecule has 0 saturated carbocycles. The van der Waals surface area contributed by atoms with Crippen molar-refractivity contribution in [1.82, 2.24) is 0 Å². The van der Waals surface area contributed by atoms with Crippen molar-refractivity contribution in [2.45, 2.75) is 38.6 Å². The van der Waals surface area contributed by atoms with Crippen molar-refractivity contribution in [2.75, 3.05) is 13.7 Å². The molecule has 2 N–H and O–H groups in total.